The van der Waals surface area contributed by atoms with Gasteiger partial charge in [0.05, 0.1) is 6.54 Å². The van der Waals surface area contributed by atoms with Crippen molar-refractivity contribution in [2.75, 3.05) is 19.6 Å². The predicted octanol–water partition coefficient (Wildman–Crippen LogP) is 2.34. The molecule has 30 heavy (non-hydrogen) atoms. The van der Waals surface area contributed by atoms with Gasteiger partial charge in [0.2, 0.25) is 5.91 Å². The van der Waals surface area contributed by atoms with E-state index in [2.05, 4.69) is 57.4 Å². The number of hydrogen-bond donors (Lipinski definition) is 2. The van der Waals surface area contributed by atoms with Crippen LogP contribution >= 0.6 is 24.0 Å². The molecular weight excluding hydrogens is 493 g/mol. The molecule has 0 bridgehead atoms. The van der Waals surface area contributed by atoms with Crippen molar-refractivity contribution in [3.8, 4) is 0 Å². The van der Waals surface area contributed by atoms with Crippen LogP contribution in [-0.4, -0.2) is 51.2 Å². The molecule has 1 fully saturated rings. The zero-order valence-electron chi connectivity index (χ0n) is 17.8. The Kier molecular flexibility index (Phi) is 10.0. The van der Waals surface area contributed by atoms with Crippen LogP contribution in [0.1, 0.15) is 43.6 Å². The molecule has 2 N–H and O–H groups in total. The van der Waals surface area contributed by atoms with Crippen molar-refractivity contribution in [1.29, 1.82) is 0 Å². The summed E-state index contributed by atoms with van der Waals surface area (Å²) in [6.07, 6.45) is 4.28. The molecule has 0 spiro atoms. The van der Waals surface area contributed by atoms with Gasteiger partial charge < -0.3 is 20.1 Å². The second-order valence-corrected chi connectivity index (χ2v) is 7.15. The lowest BCUT2D eigenvalue weighted by molar-refractivity contribution is -0.128. The summed E-state index contributed by atoms with van der Waals surface area (Å²) < 4.78 is 2.06. The highest BCUT2D eigenvalue weighted by molar-refractivity contribution is 14.0. The number of aryl methyl sites for hydroxylation is 1. The van der Waals surface area contributed by atoms with Crippen LogP contribution in [-0.2, 0) is 30.8 Å². The second kappa shape index (κ2) is 12.5. The third kappa shape index (κ3) is 6.96. The number of nitrogens with one attached hydrogen (secondary N) is 2. The van der Waals surface area contributed by atoms with Gasteiger partial charge in [-0.05, 0) is 24.5 Å². The fraction of sp³-hybridized carbons (Fsp3) is 0.524. The molecule has 1 aliphatic rings. The maximum atomic E-state index is 11.9. The summed E-state index contributed by atoms with van der Waals surface area (Å²) in [5.74, 6) is 2.03. The van der Waals surface area contributed by atoms with E-state index in [0.717, 1.165) is 61.9 Å². The standard InChI is InChI=1S/C21H31N7O.HI/c1-3-19-26-25-16-28(19)12-10-23-21(22-4-2)24-14-17-7-5-8-18(13-17)15-27-11-6-9-20(27)29;/h5,7-8,13,16H,3-4,6,9-12,14-15H2,1-2H3,(H2,22,23,24);1H. The van der Waals surface area contributed by atoms with Gasteiger partial charge in [-0.3, -0.25) is 4.79 Å². The Morgan fingerprint density at radius 3 is 2.80 bits per heavy atom. The fourth-order valence-electron chi connectivity index (χ4n) is 3.46. The van der Waals surface area contributed by atoms with E-state index in [4.69, 9.17) is 4.99 Å². The summed E-state index contributed by atoms with van der Waals surface area (Å²) >= 11 is 0. The number of likely N-dealkylation sites (tertiary alicyclic amines) is 1. The predicted molar refractivity (Wildman–Crippen MR) is 129 cm³/mol. The van der Waals surface area contributed by atoms with Crippen molar-refractivity contribution in [1.82, 2.24) is 30.3 Å². The number of benzene rings is 1. The molecule has 1 amide bonds. The lowest BCUT2D eigenvalue weighted by Gasteiger charge is -2.16. The SMILES string of the molecule is CCNC(=NCc1cccc(CN2CCCC2=O)c1)NCCn1cnnc1CC.I. The minimum absolute atomic E-state index is 0. The highest BCUT2D eigenvalue weighted by Gasteiger charge is 2.19. The van der Waals surface area contributed by atoms with E-state index in [-0.39, 0.29) is 29.9 Å². The van der Waals surface area contributed by atoms with E-state index in [1.165, 1.54) is 0 Å². The average Bonchev–Trinajstić information content (AvgIpc) is 3.35. The smallest absolute Gasteiger partial charge is 0.222 e. The molecule has 0 aliphatic carbocycles. The lowest BCUT2D eigenvalue weighted by atomic mass is 10.1. The second-order valence-electron chi connectivity index (χ2n) is 7.15. The summed E-state index contributed by atoms with van der Waals surface area (Å²) in [5, 5.41) is 14.7. The van der Waals surface area contributed by atoms with Crippen molar-refractivity contribution < 1.29 is 4.79 Å². The summed E-state index contributed by atoms with van der Waals surface area (Å²) in [6.45, 7) is 8.61. The van der Waals surface area contributed by atoms with Crippen LogP contribution in [0.3, 0.4) is 0 Å². The number of guanidine groups is 1. The lowest BCUT2D eigenvalue weighted by Crippen LogP contribution is -2.38. The summed E-state index contributed by atoms with van der Waals surface area (Å²) in [4.78, 5) is 18.5. The number of carbonyl (C=O) groups is 1. The molecule has 1 aromatic heterocycles. The quantitative estimate of drug-likeness (QED) is 0.298. The Morgan fingerprint density at radius 1 is 1.23 bits per heavy atom. The van der Waals surface area contributed by atoms with Gasteiger partial charge >= 0.3 is 0 Å². The van der Waals surface area contributed by atoms with Gasteiger partial charge in [0.15, 0.2) is 5.96 Å². The molecule has 2 heterocycles. The average molecular weight is 525 g/mol. The zero-order chi connectivity index (χ0) is 20.5. The van der Waals surface area contributed by atoms with Gasteiger partial charge in [0, 0.05) is 45.6 Å². The maximum absolute atomic E-state index is 11.9. The molecule has 3 rings (SSSR count). The van der Waals surface area contributed by atoms with E-state index in [0.29, 0.717) is 19.5 Å². The Bertz CT molecular complexity index is 836. The van der Waals surface area contributed by atoms with Gasteiger partial charge in [-0.1, -0.05) is 31.2 Å². The van der Waals surface area contributed by atoms with E-state index in [1.807, 2.05) is 11.0 Å². The number of halogens is 1. The van der Waals surface area contributed by atoms with Gasteiger partial charge in [-0.2, -0.15) is 0 Å². The number of aliphatic imine (C=N–C) groups is 1. The number of nitrogens with zero attached hydrogens (tertiary/aromatic N) is 5. The van der Waals surface area contributed by atoms with Crippen LogP contribution in [0, 0.1) is 0 Å². The summed E-state index contributed by atoms with van der Waals surface area (Å²) in [7, 11) is 0. The van der Waals surface area contributed by atoms with E-state index < -0.39 is 0 Å². The highest BCUT2D eigenvalue weighted by atomic mass is 127. The monoisotopic (exact) mass is 525 g/mol. The molecule has 9 heteroatoms. The first-order valence-corrected chi connectivity index (χ1v) is 10.4. The Morgan fingerprint density at radius 2 is 2.07 bits per heavy atom. The molecule has 0 radical (unpaired) electrons. The molecule has 1 saturated heterocycles. The van der Waals surface area contributed by atoms with Crippen LogP contribution in [0.15, 0.2) is 35.6 Å². The third-order valence-electron chi connectivity index (χ3n) is 4.96. The molecule has 1 aromatic carbocycles. The van der Waals surface area contributed by atoms with Crippen molar-refractivity contribution in [2.45, 2.75) is 52.7 Å². The zero-order valence-corrected chi connectivity index (χ0v) is 20.1. The summed E-state index contributed by atoms with van der Waals surface area (Å²) in [6, 6.07) is 8.34. The Hall–Kier alpha value is -2.17. The fourth-order valence-corrected chi connectivity index (χ4v) is 3.46. The molecular formula is C21H32IN7O. The van der Waals surface area contributed by atoms with Crippen molar-refractivity contribution in [3.05, 3.63) is 47.5 Å². The number of aromatic nitrogens is 3. The first kappa shape index (κ1) is 24.1. The van der Waals surface area contributed by atoms with Gasteiger partial charge in [0.25, 0.3) is 0 Å². The van der Waals surface area contributed by atoms with Gasteiger partial charge in [0.1, 0.15) is 12.2 Å². The summed E-state index contributed by atoms with van der Waals surface area (Å²) in [5.41, 5.74) is 2.30. The van der Waals surface area contributed by atoms with Gasteiger partial charge in [-0.25, -0.2) is 4.99 Å². The molecule has 2 aromatic rings. The molecule has 164 valence electrons. The van der Waals surface area contributed by atoms with Crippen molar-refractivity contribution in [3.63, 3.8) is 0 Å². The first-order chi connectivity index (χ1) is 14.2. The minimum atomic E-state index is 0. The normalized spacial score (nSPS) is 14.0. The van der Waals surface area contributed by atoms with E-state index in [9.17, 15) is 4.79 Å². The Balaban J connectivity index is 0.00000320. The highest BCUT2D eigenvalue weighted by Crippen LogP contribution is 2.15. The van der Waals surface area contributed by atoms with Gasteiger partial charge in [-0.15, -0.1) is 34.2 Å². The third-order valence-corrected chi connectivity index (χ3v) is 4.96. The molecule has 0 unspecified atom stereocenters. The van der Waals surface area contributed by atoms with Crippen molar-refractivity contribution >= 4 is 35.8 Å². The van der Waals surface area contributed by atoms with Crippen LogP contribution < -0.4 is 10.6 Å². The van der Waals surface area contributed by atoms with E-state index in [1.54, 1.807) is 6.33 Å². The molecule has 1 aliphatic heterocycles. The largest absolute Gasteiger partial charge is 0.357 e. The molecule has 8 nitrogen and oxygen atoms in total. The Labute approximate surface area is 195 Å². The maximum Gasteiger partial charge on any atom is 0.222 e. The van der Waals surface area contributed by atoms with Crippen LogP contribution in [0.25, 0.3) is 0 Å². The van der Waals surface area contributed by atoms with Crippen LogP contribution in [0.2, 0.25) is 0 Å². The molecule has 0 saturated carbocycles. The number of rotatable bonds is 9. The number of hydrogen-bond acceptors (Lipinski definition) is 4. The minimum Gasteiger partial charge on any atom is -0.357 e. The van der Waals surface area contributed by atoms with Crippen LogP contribution in [0.4, 0.5) is 0 Å². The topological polar surface area (TPSA) is 87.4 Å². The van der Waals surface area contributed by atoms with Crippen molar-refractivity contribution in [2.24, 2.45) is 4.99 Å². The number of amides is 1. The number of carbonyl (C=O) groups excluding carboxylic acids is 1. The molecule has 0 atom stereocenters. The first-order valence-electron chi connectivity index (χ1n) is 10.4. The van der Waals surface area contributed by atoms with Crippen LogP contribution in [0.5, 0.6) is 0 Å². The van der Waals surface area contributed by atoms with E-state index >= 15 is 0 Å².